The SMILES string of the molecule is CC(C)CNCc1ccc(N2CC(C)CC(C)C2)cc1Br. The van der Waals surface area contributed by atoms with Crippen molar-refractivity contribution >= 4 is 21.6 Å². The van der Waals surface area contributed by atoms with E-state index in [1.54, 1.807) is 0 Å². The third kappa shape index (κ3) is 5.00. The molecule has 0 bridgehead atoms. The quantitative estimate of drug-likeness (QED) is 0.827. The maximum atomic E-state index is 3.74. The minimum absolute atomic E-state index is 0.694. The summed E-state index contributed by atoms with van der Waals surface area (Å²) < 4.78 is 1.22. The van der Waals surface area contributed by atoms with E-state index in [4.69, 9.17) is 0 Å². The van der Waals surface area contributed by atoms with Crippen molar-refractivity contribution in [2.45, 2.75) is 40.7 Å². The van der Waals surface area contributed by atoms with Gasteiger partial charge in [0.05, 0.1) is 0 Å². The lowest BCUT2D eigenvalue weighted by atomic mass is 9.91. The van der Waals surface area contributed by atoms with E-state index >= 15 is 0 Å². The molecule has 1 N–H and O–H groups in total. The van der Waals surface area contributed by atoms with E-state index in [0.29, 0.717) is 5.92 Å². The third-order valence-electron chi connectivity index (χ3n) is 4.14. The Hall–Kier alpha value is -0.540. The van der Waals surface area contributed by atoms with Gasteiger partial charge in [0.25, 0.3) is 0 Å². The van der Waals surface area contributed by atoms with Crippen LogP contribution in [-0.4, -0.2) is 19.6 Å². The van der Waals surface area contributed by atoms with E-state index in [1.807, 2.05) is 0 Å². The molecule has 0 saturated carbocycles. The smallest absolute Gasteiger partial charge is 0.0377 e. The lowest BCUT2D eigenvalue weighted by molar-refractivity contribution is 0.357. The van der Waals surface area contributed by atoms with Crippen LogP contribution in [-0.2, 0) is 6.54 Å². The molecule has 21 heavy (non-hydrogen) atoms. The van der Waals surface area contributed by atoms with Gasteiger partial charge in [-0.3, -0.25) is 0 Å². The second-order valence-electron chi connectivity index (χ2n) is 7.15. The lowest BCUT2D eigenvalue weighted by Crippen LogP contribution is -2.38. The molecule has 1 aromatic carbocycles. The van der Waals surface area contributed by atoms with Crippen molar-refractivity contribution in [3.05, 3.63) is 28.2 Å². The van der Waals surface area contributed by atoms with Crippen LogP contribution in [0.15, 0.2) is 22.7 Å². The molecule has 2 atom stereocenters. The van der Waals surface area contributed by atoms with Gasteiger partial charge in [-0.1, -0.05) is 49.7 Å². The van der Waals surface area contributed by atoms with Gasteiger partial charge in [-0.2, -0.15) is 0 Å². The van der Waals surface area contributed by atoms with E-state index in [1.165, 1.54) is 35.2 Å². The molecule has 2 rings (SSSR count). The second kappa shape index (κ2) is 7.64. The summed E-state index contributed by atoms with van der Waals surface area (Å²) in [5, 5.41) is 3.51. The summed E-state index contributed by atoms with van der Waals surface area (Å²) in [6.07, 6.45) is 1.36. The summed E-state index contributed by atoms with van der Waals surface area (Å²) in [7, 11) is 0. The molecule has 1 aliphatic rings. The number of piperidine rings is 1. The molecule has 0 spiro atoms. The molecule has 3 heteroatoms. The first-order valence-electron chi connectivity index (χ1n) is 8.19. The monoisotopic (exact) mass is 352 g/mol. The molecule has 1 aromatic rings. The van der Waals surface area contributed by atoms with Crippen LogP contribution in [0, 0.1) is 17.8 Å². The minimum atomic E-state index is 0.694. The Balaban J connectivity index is 2.01. The summed E-state index contributed by atoms with van der Waals surface area (Å²) in [6.45, 7) is 13.6. The number of nitrogens with zero attached hydrogens (tertiary/aromatic N) is 1. The highest BCUT2D eigenvalue weighted by Gasteiger charge is 2.22. The van der Waals surface area contributed by atoms with E-state index in [9.17, 15) is 0 Å². The molecule has 1 saturated heterocycles. The van der Waals surface area contributed by atoms with Gasteiger partial charge in [0.15, 0.2) is 0 Å². The third-order valence-corrected chi connectivity index (χ3v) is 4.88. The van der Waals surface area contributed by atoms with Gasteiger partial charge in [-0.25, -0.2) is 0 Å². The van der Waals surface area contributed by atoms with Gasteiger partial charge in [-0.05, 0) is 48.4 Å². The first-order valence-corrected chi connectivity index (χ1v) is 8.99. The maximum Gasteiger partial charge on any atom is 0.0377 e. The van der Waals surface area contributed by atoms with Crippen molar-refractivity contribution < 1.29 is 0 Å². The molecule has 1 aliphatic heterocycles. The number of benzene rings is 1. The molecular weight excluding hydrogens is 324 g/mol. The number of hydrogen-bond donors (Lipinski definition) is 1. The predicted octanol–water partition coefficient (Wildman–Crippen LogP) is 4.68. The molecule has 0 aliphatic carbocycles. The Morgan fingerprint density at radius 1 is 1.24 bits per heavy atom. The maximum absolute atomic E-state index is 3.74. The summed E-state index contributed by atoms with van der Waals surface area (Å²) in [4.78, 5) is 2.54. The van der Waals surface area contributed by atoms with Gasteiger partial charge < -0.3 is 10.2 Å². The molecular formula is C18H29BrN2. The summed E-state index contributed by atoms with van der Waals surface area (Å²) in [5.41, 5.74) is 2.70. The van der Waals surface area contributed by atoms with E-state index < -0.39 is 0 Å². The zero-order chi connectivity index (χ0) is 15.4. The lowest BCUT2D eigenvalue weighted by Gasteiger charge is -2.36. The zero-order valence-electron chi connectivity index (χ0n) is 13.8. The van der Waals surface area contributed by atoms with Crippen LogP contribution in [0.1, 0.15) is 39.7 Å². The summed E-state index contributed by atoms with van der Waals surface area (Å²) in [5.74, 6) is 2.28. The van der Waals surface area contributed by atoms with Gasteiger partial charge in [0.1, 0.15) is 0 Å². The van der Waals surface area contributed by atoms with Crippen molar-refractivity contribution in [2.24, 2.45) is 17.8 Å². The predicted molar refractivity (Wildman–Crippen MR) is 95.8 cm³/mol. The highest BCUT2D eigenvalue weighted by atomic mass is 79.9. The van der Waals surface area contributed by atoms with Crippen molar-refractivity contribution in [3.63, 3.8) is 0 Å². The Labute approximate surface area is 138 Å². The van der Waals surface area contributed by atoms with E-state index in [0.717, 1.165) is 24.9 Å². The minimum Gasteiger partial charge on any atom is -0.371 e. The summed E-state index contributed by atoms with van der Waals surface area (Å²) in [6, 6.07) is 6.83. The Kier molecular flexibility index (Phi) is 6.12. The largest absolute Gasteiger partial charge is 0.371 e. The van der Waals surface area contributed by atoms with Crippen LogP contribution in [0.4, 0.5) is 5.69 Å². The highest BCUT2D eigenvalue weighted by Crippen LogP contribution is 2.29. The van der Waals surface area contributed by atoms with Crippen LogP contribution >= 0.6 is 15.9 Å². The Morgan fingerprint density at radius 2 is 1.90 bits per heavy atom. The molecule has 1 fully saturated rings. The Bertz CT molecular complexity index is 449. The Morgan fingerprint density at radius 3 is 2.48 bits per heavy atom. The van der Waals surface area contributed by atoms with Crippen molar-refractivity contribution in [1.29, 1.82) is 0 Å². The van der Waals surface area contributed by atoms with Crippen molar-refractivity contribution in [3.8, 4) is 0 Å². The number of nitrogens with one attached hydrogen (secondary N) is 1. The van der Waals surface area contributed by atoms with Gasteiger partial charge >= 0.3 is 0 Å². The summed E-state index contributed by atoms with van der Waals surface area (Å²) >= 11 is 3.74. The normalized spacial score (nSPS) is 22.9. The zero-order valence-corrected chi connectivity index (χ0v) is 15.4. The fraction of sp³-hybridized carbons (Fsp3) is 0.667. The number of anilines is 1. The topological polar surface area (TPSA) is 15.3 Å². The number of rotatable bonds is 5. The molecule has 0 radical (unpaired) electrons. The average molecular weight is 353 g/mol. The molecule has 2 unspecified atom stereocenters. The fourth-order valence-corrected chi connectivity index (χ4v) is 3.75. The van der Waals surface area contributed by atoms with E-state index in [-0.39, 0.29) is 0 Å². The molecule has 118 valence electrons. The molecule has 1 heterocycles. The first kappa shape index (κ1) is 16.8. The van der Waals surface area contributed by atoms with Crippen LogP contribution in [0.3, 0.4) is 0 Å². The van der Waals surface area contributed by atoms with Crippen LogP contribution in [0.5, 0.6) is 0 Å². The molecule has 0 aromatic heterocycles. The average Bonchev–Trinajstić information content (AvgIpc) is 2.39. The van der Waals surface area contributed by atoms with E-state index in [2.05, 4.69) is 72.0 Å². The van der Waals surface area contributed by atoms with Crippen LogP contribution in [0.2, 0.25) is 0 Å². The molecule has 0 amide bonds. The first-order chi connectivity index (χ1) is 9.95. The van der Waals surface area contributed by atoms with Crippen LogP contribution in [0.25, 0.3) is 0 Å². The standard InChI is InChI=1S/C18H29BrN2/c1-13(2)9-20-10-16-5-6-17(8-18(16)19)21-11-14(3)7-15(4)12-21/h5-6,8,13-15,20H,7,9-12H2,1-4H3. The number of hydrogen-bond acceptors (Lipinski definition) is 2. The van der Waals surface area contributed by atoms with Gasteiger partial charge in [0, 0.05) is 29.8 Å². The van der Waals surface area contributed by atoms with Crippen molar-refractivity contribution in [1.82, 2.24) is 5.32 Å². The van der Waals surface area contributed by atoms with Crippen molar-refractivity contribution in [2.75, 3.05) is 24.5 Å². The highest BCUT2D eigenvalue weighted by molar-refractivity contribution is 9.10. The fourth-order valence-electron chi connectivity index (χ4n) is 3.25. The van der Waals surface area contributed by atoms with Gasteiger partial charge in [-0.15, -0.1) is 0 Å². The van der Waals surface area contributed by atoms with Gasteiger partial charge in [0.2, 0.25) is 0 Å². The number of halogens is 1. The second-order valence-corrected chi connectivity index (χ2v) is 8.01. The molecule has 2 nitrogen and oxygen atoms in total. The van der Waals surface area contributed by atoms with Crippen LogP contribution < -0.4 is 10.2 Å².